The van der Waals surface area contributed by atoms with Crippen molar-refractivity contribution in [2.45, 2.75) is 26.6 Å². The summed E-state index contributed by atoms with van der Waals surface area (Å²) in [5.74, 6) is -0.264. The van der Waals surface area contributed by atoms with Crippen molar-refractivity contribution in [3.8, 4) is 0 Å². The summed E-state index contributed by atoms with van der Waals surface area (Å²) in [7, 11) is 0. The summed E-state index contributed by atoms with van der Waals surface area (Å²) >= 11 is 0. The molecule has 2 heterocycles. The van der Waals surface area contributed by atoms with Gasteiger partial charge in [-0.3, -0.25) is 14.4 Å². The minimum Gasteiger partial charge on any atom is -0.351 e. The molecule has 0 saturated carbocycles. The topological polar surface area (TPSA) is 50.2 Å². The minimum absolute atomic E-state index is 0.0477. The van der Waals surface area contributed by atoms with Gasteiger partial charge in [0.2, 0.25) is 5.91 Å². The van der Waals surface area contributed by atoms with E-state index in [-0.39, 0.29) is 11.7 Å². The Labute approximate surface area is 140 Å². The van der Waals surface area contributed by atoms with Crippen molar-refractivity contribution >= 4 is 12.0 Å². The van der Waals surface area contributed by atoms with Crippen LogP contribution in [0.5, 0.6) is 0 Å². The number of nitrogens with zero attached hydrogens (tertiary/aromatic N) is 3. The highest BCUT2D eigenvalue weighted by atomic mass is 19.1. The summed E-state index contributed by atoms with van der Waals surface area (Å²) in [6, 6.07) is 8.52. The number of rotatable bonds is 5. The zero-order valence-electron chi connectivity index (χ0n) is 13.7. The van der Waals surface area contributed by atoms with Crippen LogP contribution in [0.4, 0.5) is 4.39 Å². The SMILES string of the molecule is CC(=O)NCc1cc2n(n1)CCN(C/C=C/c1ccc(F)cc1)C2. The fourth-order valence-corrected chi connectivity index (χ4v) is 2.75. The molecule has 1 aliphatic rings. The van der Waals surface area contributed by atoms with E-state index in [1.807, 2.05) is 16.8 Å². The molecular formula is C18H21FN4O. The first-order valence-corrected chi connectivity index (χ1v) is 8.04. The average Bonchev–Trinajstić information content (AvgIpc) is 2.97. The summed E-state index contributed by atoms with van der Waals surface area (Å²) in [6.45, 7) is 5.43. The summed E-state index contributed by atoms with van der Waals surface area (Å²) < 4.78 is 14.9. The second-order valence-corrected chi connectivity index (χ2v) is 5.95. The Morgan fingerprint density at radius 3 is 2.88 bits per heavy atom. The second-order valence-electron chi connectivity index (χ2n) is 5.95. The van der Waals surface area contributed by atoms with Gasteiger partial charge < -0.3 is 5.32 Å². The lowest BCUT2D eigenvalue weighted by atomic mass is 10.2. The summed E-state index contributed by atoms with van der Waals surface area (Å²) in [5.41, 5.74) is 3.05. The van der Waals surface area contributed by atoms with Gasteiger partial charge in [-0.15, -0.1) is 0 Å². The van der Waals surface area contributed by atoms with Crippen molar-refractivity contribution in [3.63, 3.8) is 0 Å². The van der Waals surface area contributed by atoms with Gasteiger partial charge in [-0.2, -0.15) is 5.10 Å². The summed E-state index contributed by atoms with van der Waals surface area (Å²) in [6.07, 6.45) is 4.10. The van der Waals surface area contributed by atoms with Gasteiger partial charge in [0.05, 0.1) is 24.5 Å². The first kappa shape index (κ1) is 16.4. The monoisotopic (exact) mass is 328 g/mol. The van der Waals surface area contributed by atoms with Crippen LogP contribution in [0, 0.1) is 5.82 Å². The van der Waals surface area contributed by atoms with Crippen LogP contribution < -0.4 is 5.32 Å². The molecule has 2 aromatic rings. The third kappa shape index (κ3) is 4.29. The van der Waals surface area contributed by atoms with Crippen LogP contribution >= 0.6 is 0 Å². The largest absolute Gasteiger partial charge is 0.351 e. The Bertz CT molecular complexity index is 736. The molecule has 126 valence electrons. The Morgan fingerprint density at radius 1 is 1.33 bits per heavy atom. The number of hydrogen-bond acceptors (Lipinski definition) is 3. The van der Waals surface area contributed by atoms with E-state index < -0.39 is 0 Å². The van der Waals surface area contributed by atoms with E-state index in [1.54, 1.807) is 12.1 Å². The van der Waals surface area contributed by atoms with E-state index in [2.05, 4.69) is 21.4 Å². The lowest BCUT2D eigenvalue weighted by Crippen LogP contribution is -2.33. The first-order chi connectivity index (χ1) is 11.6. The maximum Gasteiger partial charge on any atom is 0.217 e. The maximum atomic E-state index is 12.9. The maximum absolute atomic E-state index is 12.9. The van der Waals surface area contributed by atoms with E-state index in [0.29, 0.717) is 6.54 Å². The molecule has 1 N–H and O–H groups in total. The van der Waals surface area contributed by atoms with E-state index in [0.717, 1.165) is 43.1 Å². The van der Waals surface area contributed by atoms with Gasteiger partial charge in [0.15, 0.2) is 0 Å². The normalized spacial score (nSPS) is 14.8. The van der Waals surface area contributed by atoms with E-state index in [1.165, 1.54) is 19.1 Å². The van der Waals surface area contributed by atoms with Crippen LogP contribution in [0.1, 0.15) is 23.9 Å². The molecular weight excluding hydrogens is 307 g/mol. The molecule has 1 aliphatic heterocycles. The Balaban J connectivity index is 1.54. The van der Waals surface area contributed by atoms with E-state index in [4.69, 9.17) is 0 Å². The predicted octanol–water partition coefficient (Wildman–Crippen LogP) is 2.19. The zero-order chi connectivity index (χ0) is 16.9. The van der Waals surface area contributed by atoms with Gasteiger partial charge >= 0.3 is 0 Å². The van der Waals surface area contributed by atoms with Crippen LogP contribution in [0.3, 0.4) is 0 Å². The molecule has 0 bridgehead atoms. The van der Waals surface area contributed by atoms with Gasteiger partial charge in [0.25, 0.3) is 0 Å². The lowest BCUT2D eigenvalue weighted by molar-refractivity contribution is -0.119. The van der Waals surface area contributed by atoms with Gasteiger partial charge in [-0.25, -0.2) is 4.39 Å². The number of amides is 1. The predicted molar refractivity (Wildman–Crippen MR) is 90.5 cm³/mol. The number of carbonyl (C=O) groups is 1. The molecule has 0 unspecified atom stereocenters. The summed E-state index contributed by atoms with van der Waals surface area (Å²) in [5, 5.41) is 7.29. The smallest absolute Gasteiger partial charge is 0.217 e. The molecule has 24 heavy (non-hydrogen) atoms. The molecule has 0 aliphatic carbocycles. The van der Waals surface area contributed by atoms with E-state index >= 15 is 0 Å². The fourth-order valence-electron chi connectivity index (χ4n) is 2.75. The molecule has 3 rings (SSSR count). The third-order valence-corrected chi connectivity index (χ3v) is 3.99. The third-order valence-electron chi connectivity index (χ3n) is 3.99. The molecule has 0 spiro atoms. The van der Waals surface area contributed by atoms with Crippen molar-refractivity contribution in [3.05, 3.63) is 59.2 Å². The minimum atomic E-state index is -0.216. The Hall–Kier alpha value is -2.47. The Kier molecular flexibility index (Phi) is 5.05. The molecule has 0 atom stereocenters. The van der Waals surface area contributed by atoms with Crippen LogP contribution in [0.15, 0.2) is 36.4 Å². The average molecular weight is 328 g/mol. The fraction of sp³-hybridized carbons (Fsp3) is 0.333. The number of aromatic nitrogens is 2. The molecule has 1 aromatic carbocycles. The zero-order valence-corrected chi connectivity index (χ0v) is 13.7. The van der Waals surface area contributed by atoms with Crippen LogP contribution in [-0.4, -0.2) is 33.7 Å². The summed E-state index contributed by atoms with van der Waals surface area (Å²) in [4.78, 5) is 13.3. The highest BCUT2D eigenvalue weighted by molar-refractivity contribution is 5.72. The molecule has 5 nitrogen and oxygen atoms in total. The number of hydrogen-bond donors (Lipinski definition) is 1. The molecule has 0 radical (unpaired) electrons. The van der Waals surface area contributed by atoms with Crippen molar-refractivity contribution in [2.75, 3.05) is 13.1 Å². The quantitative estimate of drug-likeness (QED) is 0.915. The Morgan fingerprint density at radius 2 is 2.12 bits per heavy atom. The number of nitrogens with one attached hydrogen (secondary N) is 1. The number of halogens is 1. The lowest BCUT2D eigenvalue weighted by Gasteiger charge is -2.26. The highest BCUT2D eigenvalue weighted by Crippen LogP contribution is 2.14. The highest BCUT2D eigenvalue weighted by Gasteiger charge is 2.17. The molecule has 6 heteroatoms. The van der Waals surface area contributed by atoms with Crippen LogP contribution in [0.2, 0.25) is 0 Å². The van der Waals surface area contributed by atoms with E-state index in [9.17, 15) is 9.18 Å². The van der Waals surface area contributed by atoms with Gasteiger partial charge in [0, 0.05) is 26.6 Å². The van der Waals surface area contributed by atoms with Crippen molar-refractivity contribution < 1.29 is 9.18 Å². The molecule has 0 saturated heterocycles. The molecule has 0 fully saturated rings. The van der Waals surface area contributed by atoms with Gasteiger partial charge in [0.1, 0.15) is 5.82 Å². The molecule has 1 aromatic heterocycles. The van der Waals surface area contributed by atoms with Crippen LogP contribution in [0.25, 0.3) is 6.08 Å². The number of fused-ring (bicyclic) bond motifs is 1. The molecule has 1 amide bonds. The first-order valence-electron chi connectivity index (χ1n) is 8.04. The standard InChI is InChI=1S/C18H21FN4O/c1-14(24)20-12-17-11-18-13-22(9-10-23(18)21-17)8-2-3-15-4-6-16(19)7-5-15/h2-7,11H,8-10,12-13H2,1H3,(H,20,24)/b3-2+. The van der Waals surface area contributed by atoms with Gasteiger partial charge in [-0.05, 0) is 23.8 Å². The van der Waals surface area contributed by atoms with Crippen molar-refractivity contribution in [1.29, 1.82) is 0 Å². The second kappa shape index (κ2) is 7.40. The number of carbonyl (C=O) groups excluding carboxylic acids is 1. The van der Waals surface area contributed by atoms with Crippen molar-refractivity contribution in [2.24, 2.45) is 0 Å². The van der Waals surface area contributed by atoms with Gasteiger partial charge in [-0.1, -0.05) is 24.3 Å². The number of benzene rings is 1. The van der Waals surface area contributed by atoms with Crippen molar-refractivity contribution in [1.82, 2.24) is 20.0 Å². The van der Waals surface area contributed by atoms with Crippen LogP contribution in [-0.2, 0) is 24.4 Å².